The molecule has 4 nitrogen and oxygen atoms in total. The molecule has 0 radical (unpaired) electrons. The van der Waals surface area contributed by atoms with Crippen molar-refractivity contribution in [3.63, 3.8) is 0 Å². The molecule has 132 valence electrons. The first-order chi connectivity index (χ1) is 12.1. The average molecular weight is 342 g/mol. The van der Waals surface area contributed by atoms with Crippen LogP contribution < -0.4 is 0 Å². The summed E-state index contributed by atoms with van der Waals surface area (Å²) in [5.41, 5.74) is 1.61. The molecule has 2 aromatic rings. The lowest BCUT2D eigenvalue weighted by Gasteiger charge is -2.35. The van der Waals surface area contributed by atoms with Crippen molar-refractivity contribution in [2.75, 3.05) is 32.7 Å². The number of benzene rings is 2. The highest BCUT2D eigenvalue weighted by Crippen LogP contribution is 2.15. The van der Waals surface area contributed by atoms with Gasteiger partial charge in [0.1, 0.15) is 5.82 Å². The average Bonchev–Trinajstić information content (AvgIpc) is 2.63. The third-order valence-electron chi connectivity index (χ3n) is 4.58. The largest absolute Gasteiger partial charge is 0.387 e. The van der Waals surface area contributed by atoms with Crippen LogP contribution in [0.5, 0.6) is 0 Å². The van der Waals surface area contributed by atoms with Gasteiger partial charge in [-0.15, -0.1) is 0 Å². The van der Waals surface area contributed by atoms with Gasteiger partial charge in [-0.05, 0) is 23.3 Å². The first-order valence-corrected chi connectivity index (χ1v) is 8.59. The fraction of sp³-hybridized carbons (Fsp3) is 0.350. The lowest BCUT2D eigenvalue weighted by Crippen LogP contribution is -2.50. The summed E-state index contributed by atoms with van der Waals surface area (Å²) in [5.74, 6) is -0.293. The second kappa shape index (κ2) is 8.23. The molecule has 0 bridgehead atoms. The number of carbonyl (C=O) groups is 1. The quantitative estimate of drug-likeness (QED) is 0.906. The normalized spacial score (nSPS) is 16.6. The van der Waals surface area contributed by atoms with Crippen LogP contribution in [0.15, 0.2) is 54.6 Å². The SMILES string of the molecule is O=C(Cc1cccc(F)c1)N1CCN(CC(O)c2ccccc2)CC1. The molecular formula is C20H23FN2O2. The van der Waals surface area contributed by atoms with E-state index in [0.29, 0.717) is 25.2 Å². The van der Waals surface area contributed by atoms with Gasteiger partial charge < -0.3 is 10.0 Å². The Kier molecular flexibility index (Phi) is 5.79. The van der Waals surface area contributed by atoms with Gasteiger partial charge in [0.25, 0.3) is 0 Å². The van der Waals surface area contributed by atoms with Gasteiger partial charge in [0, 0.05) is 32.7 Å². The Morgan fingerprint density at radius 1 is 1.04 bits per heavy atom. The van der Waals surface area contributed by atoms with Gasteiger partial charge in [0.2, 0.25) is 5.91 Å². The minimum atomic E-state index is -0.518. The fourth-order valence-electron chi connectivity index (χ4n) is 3.14. The van der Waals surface area contributed by atoms with Crippen molar-refractivity contribution in [3.05, 3.63) is 71.5 Å². The van der Waals surface area contributed by atoms with E-state index < -0.39 is 6.10 Å². The Bertz CT molecular complexity index is 700. The lowest BCUT2D eigenvalue weighted by atomic mass is 10.1. The van der Waals surface area contributed by atoms with Gasteiger partial charge >= 0.3 is 0 Å². The minimum Gasteiger partial charge on any atom is -0.387 e. The van der Waals surface area contributed by atoms with Crippen LogP contribution >= 0.6 is 0 Å². The van der Waals surface area contributed by atoms with Crippen molar-refractivity contribution < 1.29 is 14.3 Å². The highest BCUT2D eigenvalue weighted by molar-refractivity contribution is 5.78. The van der Waals surface area contributed by atoms with E-state index in [4.69, 9.17) is 0 Å². The Balaban J connectivity index is 1.47. The summed E-state index contributed by atoms with van der Waals surface area (Å²) in [6, 6.07) is 15.8. The van der Waals surface area contributed by atoms with Gasteiger partial charge in [-0.25, -0.2) is 4.39 Å². The molecule has 1 saturated heterocycles. The molecular weight excluding hydrogens is 319 g/mol. The summed E-state index contributed by atoms with van der Waals surface area (Å²) >= 11 is 0. The summed E-state index contributed by atoms with van der Waals surface area (Å²) in [7, 11) is 0. The van der Waals surface area contributed by atoms with E-state index in [1.54, 1.807) is 12.1 Å². The monoisotopic (exact) mass is 342 g/mol. The number of piperazine rings is 1. The van der Waals surface area contributed by atoms with E-state index >= 15 is 0 Å². The van der Waals surface area contributed by atoms with Gasteiger partial charge in [-0.2, -0.15) is 0 Å². The molecule has 3 rings (SSSR count). The molecule has 2 aromatic carbocycles. The molecule has 0 spiro atoms. The summed E-state index contributed by atoms with van der Waals surface area (Å²) in [6.07, 6.45) is -0.291. The van der Waals surface area contributed by atoms with Crippen molar-refractivity contribution in [2.24, 2.45) is 0 Å². The van der Waals surface area contributed by atoms with E-state index in [9.17, 15) is 14.3 Å². The maximum absolute atomic E-state index is 13.2. The number of rotatable bonds is 5. The minimum absolute atomic E-state index is 0.0221. The number of amides is 1. The third kappa shape index (κ3) is 4.87. The smallest absolute Gasteiger partial charge is 0.227 e. The Morgan fingerprint density at radius 2 is 1.76 bits per heavy atom. The molecule has 0 aliphatic carbocycles. The van der Waals surface area contributed by atoms with Gasteiger partial charge in [0.05, 0.1) is 12.5 Å². The number of β-amino-alcohol motifs (C(OH)–C–C–N with tert-alkyl or cyclic N) is 1. The van der Waals surface area contributed by atoms with Crippen LogP contribution in [0.25, 0.3) is 0 Å². The zero-order valence-corrected chi connectivity index (χ0v) is 14.1. The van der Waals surface area contributed by atoms with E-state index in [-0.39, 0.29) is 18.1 Å². The van der Waals surface area contributed by atoms with E-state index in [1.165, 1.54) is 12.1 Å². The van der Waals surface area contributed by atoms with E-state index in [2.05, 4.69) is 4.90 Å². The van der Waals surface area contributed by atoms with Crippen molar-refractivity contribution in [1.29, 1.82) is 0 Å². The maximum atomic E-state index is 13.2. The van der Waals surface area contributed by atoms with Crippen LogP contribution in [0.1, 0.15) is 17.2 Å². The summed E-state index contributed by atoms with van der Waals surface area (Å²) in [6.45, 7) is 3.30. The second-order valence-corrected chi connectivity index (χ2v) is 6.41. The van der Waals surface area contributed by atoms with Crippen LogP contribution in [0.2, 0.25) is 0 Å². The standard InChI is InChI=1S/C20H23FN2O2/c21-18-8-4-5-16(13-18)14-20(25)23-11-9-22(10-12-23)15-19(24)17-6-2-1-3-7-17/h1-8,13,19,24H,9-12,14-15H2. The molecule has 1 unspecified atom stereocenters. The van der Waals surface area contributed by atoms with Gasteiger partial charge in [-0.1, -0.05) is 42.5 Å². The van der Waals surface area contributed by atoms with Crippen LogP contribution in [0.4, 0.5) is 4.39 Å². The molecule has 1 aliphatic heterocycles. The van der Waals surface area contributed by atoms with Crippen molar-refractivity contribution >= 4 is 5.91 Å². The molecule has 0 saturated carbocycles. The van der Waals surface area contributed by atoms with E-state index in [1.807, 2.05) is 35.2 Å². The number of hydrogen-bond acceptors (Lipinski definition) is 3. The number of halogens is 1. The van der Waals surface area contributed by atoms with Crippen LogP contribution in [0, 0.1) is 5.82 Å². The molecule has 1 N–H and O–H groups in total. The fourth-order valence-corrected chi connectivity index (χ4v) is 3.14. The van der Waals surface area contributed by atoms with Crippen LogP contribution in [0.3, 0.4) is 0 Å². The van der Waals surface area contributed by atoms with Crippen LogP contribution in [-0.2, 0) is 11.2 Å². The number of aliphatic hydroxyl groups is 1. The number of aliphatic hydroxyl groups excluding tert-OH is 1. The summed E-state index contributed by atoms with van der Waals surface area (Å²) in [4.78, 5) is 16.4. The van der Waals surface area contributed by atoms with E-state index in [0.717, 1.165) is 18.7 Å². The molecule has 1 aliphatic rings. The number of nitrogens with zero attached hydrogens (tertiary/aromatic N) is 2. The molecule has 0 aromatic heterocycles. The molecule has 1 amide bonds. The Hall–Kier alpha value is -2.24. The predicted molar refractivity (Wildman–Crippen MR) is 94.5 cm³/mol. The van der Waals surface area contributed by atoms with Crippen molar-refractivity contribution in [3.8, 4) is 0 Å². The van der Waals surface area contributed by atoms with Gasteiger partial charge in [0.15, 0.2) is 0 Å². The predicted octanol–water partition coefficient (Wildman–Crippen LogP) is 2.25. The van der Waals surface area contributed by atoms with Gasteiger partial charge in [-0.3, -0.25) is 9.69 Å². The van der Waals surface area contributed by atoms with Crippen molar-refractivity contribution in [2.45, 2.75) is 12.5 Å². The molecule has 5 heteroatoms. The summed E-state index contributed by atoms with van der Waals surface area (Å²) in [5, 5.41) is 10.3. The topological polar surface area (TPSA) is 43.8 Å². The molecule has 1 atom stereocenters. The maximum Gasteiger partial charge on any atom is 0.227 e. The first-order valence-electron chi connectivity index (χ1n) is 8.59. The molecule has 1 heterocycles. The summed E-state index contributed by atoms with van der Waals surface area (Å²) < 4.78 is 13.2. The number of carbonyl (C=O) groups excluding carboxylic acids is 1. The second-order valence-electron chi connectivity index (χ2n) is 6.41. The Labute approximate surface area is 147 Å². The zero-order valence-electron chi connectivity index (χ0n) is 14.1. The Morgan fingerprint density at radius 3 is 2.44 bits per heavy atom. The van der Waals surface area contributed by atoms with Crippen LogP contribution in [-0.4, -0.2) is 53.5 Å². The highest BCUT2D eigenvalue weighted by atomic mass is 19.1. The molecule has 1 fully saturated rings. The lowest BCUT2D eigenvalue weighted by molar-refractivity contribution is -0.132. The molecule has 25 heavy (non-hydrogen) atoms. The number of hydrogen-bond donors (Lipinski definition) is 1. The third-order valence-corrected chi connectivity index (χ3v) is 4.58. The highest BCUT2D eigenvalue weighted by Gasteiger charge is 2.23. The first kappa shape index (κ1) is 17.6. The van der Waals surface area contributed by atoms with Crippen molar-refractivity contribution in [1.82, 2.24) is 9.80 Å². The zero-order chi connectivity index (χ0) is 17.6.